The Labute approximate surface area is 409 Å². The molecule has 2 aromatic carbocycles. The van der Waals surface area contributed by atoms with Crippen LogP contribution in [0.1, 0.15) is 258 Å². The van der Waals surface area contributed by atoms with E-state index in [1.807, 2.05) is 0 Å². The molecule has 0 aliphatic rings. The molecular formula is C54H98CdO6P2. The van der Waals surface area contributed by atoms with Gasteiger partial charge in [0.1, 0.15) is 0 Å². The molecule has 0 aliphatic carbocycles. The molecule has 2 rings (SSSR count). The molecule has 0 amide bonds. The van der Waals surface area contributed by atoms with Crippen LogP contribution >= 0.6 is 15.2 Å². The summed E-state index contributed by atoms with van der Waals surface area (Å²) in [6, 6.07) is 14.3. The van der Waals surface area contributed by atoms with Gasteiger partial charge < -0.3 is 19.6 Å². The van der Waals surface area contributed by atoms with E-state index >= 15 is 0 Å². The molecular weight excluding hydrogens is 919 g/mol. The summed E-state index contributed by atoms with van der Waals surface area (Å²) in [5, 5.41) is 0. The van der Waals surface area contributed by atoms with Gasteiger partial charge in [0.05, 0.1) is 0 Å². The Morgan fingerprint density at radius 2 is 0.571 bits per heavy atom. The van der Waals surface area contributed by atoms with E-state index in [9.17, 15) is 9.13 Å². The Kier molecular flexibility index (Phi) is 30.8. The zero-order valence-electron chi connectivity index (χ0n) is 43.1. The van der Waals surface area contributed by atoms with Crippen molar-refractivity contribution in [1.82, 2.24) is 0 Å². The maximum absolute atomic E-state index is 10.8. The van der Waals surface area contributed by atoms with Crippen LogP contribution < -0.4 is 0 Å². The Morgan fingerprint density at radius 3 is 0.778 bits per heavy atom. The molecule has 2 aromatic rings. The van der Waals surface area contributed by atoms with Crippen molar-refractivity contribution in [2.75, 3.05) is 12.3 Å². The minimum Gasteiger partial charge on any atom is -0.324 e. The maximum Gasteiger partial charge on any atom is 0.325 e. The molecule has 63 heavy (non-hydrogen) atoms. The number of unbranched alkanes of at least 4 members (excludes halogenated alkanes) is 20. The summed E-state index contributed by atoms with van der Waals surface area (Å²) >= 11 is 0. The van der Waals surface area contributed by atoms with Crippen molar-refractivity contribution in [3.05, 3.63) is 69.8 Å². The summed E-state index contributed by atoms with van der Waals surface area (Å²) < 4.78 is 21.6. The monoisotopic (exact) mass is 1020 g/mol. The van der Waals surface area contributed by atoms with Gasteiger partial charge in [0.15, 0.2) is 0 Å². The Balaban J connectivity index is 0.00000120. The molecule has 0 aromatic heterocycles. The quantitative estimate of drug-likeness (QED) is 0.0383. The minimum atomic E-state index is -3.79. The molecule has 0 saturated carbocycles. The van der Waals surface area contributed by atoms with Gasteiger partial charge in [-0.15, -0.1) is 0 Å². The van der Waals surface area contributed by atoms with Crippen LogP contribution in [0, 0.1) is 0 Å². The Morgan fingerprint density at radius 1 is 0.349 bits per heavy atom. The van der Waals surface area contributed by atoms with Gasteiger partial charge in [-0.1, -0.05) is 235 Å². The Hall–Kier alpha value is -0.338. The van der Waals surface area contributed by atoms with Gasteiger partial charge in [0.25, 0.3) is 0 Å². The number of benzene rings is 2. The minimum absolute atomic E-state index is 0. The van der Waals surface area contributed by atoms with Gasteiger partial charge in [-0.3, -0.25) is 9.13 Å². The third kappa shape index (κ3) is 31.4. The van der Waals surface area contributed by atoms with E-state index in [-0.39, 0.29) is 61.3 Å². The second kappa shape index (κ2) is 30.9. The van der Waals surface area contributed by atoms with E-state index in [1.165, 1.54) is 149 Å². The predicted molar refractivity (Wildman–Crippen MR) is 270 cm³/mol. The van der Waals surface area contributed by atoms with Crippen LogP contribution in [0.3, 0.4) is 0 Å². The van der Waals surface area contributed by atoms with Crippen molar-refractivity contribution in [2.24, 2.45) is 0 Å². The van der Waals surface area contributed by atoms with E-state index in [1.54, 1.807) is 0 Å². The van der Waals surface area contributed by atoms with Crippen molar-refractivity contribution in [1.29, 1.82) is 0 Å². The summed E-state index contributed by atoms with van der Waals surface area (Å²) in [6.45, 7) is 27.7. The van der Waals surface area contributed by atoms with Crippen molar-refractivity contribution in [3.63, 3.8) is 0 Å². The average Bonchev–Trinajstić information content (AvgIpc) is 3.13. The predicted octanol–water partition coefficient (Wildman–Crippen LogP) is 16.6. The SMILES string of the molecule is CC(C)(C)c1ccc(CCCCCCCCCCCCCP(=O)(O)O)c(C(C)(C)C)c1.CC(C)(C)c1ccc(CCCCCCCCCCCCCP(=O)(O)O)c(C(C)(C)C)c1.[Cd]. The zero-order chi connectivity index (χ0) is 47.1. The van der Waals surface area contributed by atoms with Crippen molar-refractivity contribution < 1.29 is 56.0 Å². The van der Waals surface area contributed by atoms with E-state index in [2.05, 4.69) is 119 Å². The third-order valence-corrected chi connectivity index (χ3v) is 14.2. The van der Waals surface area contributed by atoms with E-state index in [0.29, 0.717) is 12.8 Å². The van der Waals surface area contributed by atoms with Crippen LogP contribution in [0.15, 0.2) is 36.4 Å². The first-order valence-corrected chi connectivity index (χ1v) is 28.6. The topological polar surface area (TPSA) is 115 Å². The van der Waals surface area contributed by atoms with E-state index < -0.39 is 15.2 Å². The second-order valence-corrected chi connectivity index (χ2v) is 26.4. The van der Waals surface area contributed by atoms with Gasteiger partial charge in [0.2, 0.25) is 0 Å². The second-order valence-electron chi connectivity index (χ2n) is 22.8. The number of rotatable bonds is 28. The number of aryl methyl sites for hydroxylation is 2. The van der Waals surface area contributed by atoms with Crippen LogP contribution in [0.2, 0.25) is 0 Å². The molecule has 0 saturated heterocycles. The zero-order valence-corrected chi connectivity index (χ0v) is 48.9. The molecule has 6 nitrogen and oxygen atoms in total. The van der Waals surface area contributed by atoms with Crippen molar-refractivity contribution in [2.45, 2.75) is 259 Å². The molecule has 0 spiro atoms. The van der Waals surface area contributed by atoms with Crippen LogP contribution in [-0.4, -0.2) is 31.9 Å². The van der Waals surface area contributed by atoms with Gasteiger partial charge in [-0.2, -0.15) is 0 Å². The van der Waals surface area contributed by atoms with Crippen molar-refractivity contribution in [3.8, 4) is 0 Å². The molecule has 4 N–H and O–H groups in total. The third-order valence-electron chi connectivity index (χ3n) is 12.4. The molecule has 362 valence electrons. The van der Waals surface area contributed by atoms with Gasteiger partial charge in [-0.25, -0.2) is 0 Å². The summed E-state index contributed by atoms with van der Waals surface area (Å²) in [5.41, 5.74) is 9.72. The van der Waals surface area contributed by atoms with Crippen LogP contribution in [0.5, 0.6) is 0 Å². The van der Waals surface area contributed by atoms with E-state index in [0.717, 1.165) is 25.7 Å². The molecule has 0 aliphatic heterocycles. The maximum atomic E-state index is 10.8. The fraction of sp³-hybridized carbons (Fsp3) is 0.778. The van der Waals surface area contributed by atoms with Crippen LogP contribution in [-0.2, 0) is 70.9 Å². The molecule has 9 heteroatoms. The van der Waals surface area contributed by atoms with Gasteiger partial charge >= 0.3 is 15.2 Å². The molecule has 0 atom stereocenters. The first kappa shape index (κ1) is 62.7. The Bertz CT molecular complexity index is 1480. The standard InChI is InChI=1S/2C27H49O3P.Cd/c2*1-26(2,3)24-20-19-23(25(22-24)27(4,5)6)18-16-14-12-10-8-7-9-11-13-15-17-21-31(28,29)30;/h2*19-20,22H,7-18,21H2,1-6H3,(H2,28,29,30);. The fourth-order valence-corrected chi connectivity index (χ4v) is 9.64. The number of hydrogen-bond acceptors (Lipinski definition) is 2. The smallest absolute Gasteiger partial charge is 0.324 e. The summed E-state index contributed by atoms with van der Waals surface area (Å²) in [5.74, 6) is 0. The average molecular weight is 1020 g/mol. The number of hydrogen-bond donors (Lipinski definition) is 4. The first-order valence-electron chi connectivity index (χ1n) is 25.0. The summed E-state index contributed by atoms with van der Waals surface area (Å²) in [4.78, 5) is 35.4. The van der Waals surface area contributed by atoms with Gasteiger partial charge in [-0.05, 0) is 93.6 Å². The van der Waals surface area contributed by atoms with Crippen LogP contribution in [0.4, 0.5) is 0 Å². The van der Waals surface area contributed by atoms with Crippen molar-refractivity contribution >= 4 is 15.2 Å². The molecule has 0 bridgehead atoms. The normalized spacial score (nSPS) is 12.8. The molecule has 0 heterocycles. The molecule has 0 unspecified atom stereocenters. The van der Waals surface area contributed by atoms with Crippen LogP contribution in [0.25, 0.3) is 0 Å². The molecule has 0 radical (unpaired) electrons. The largest absolute Gasteiger partial charge is 0.325 e. The summed E-state index contributed by atoms with van der Waals surface area (Å²) in [6.07, 6.45) is 28.5. The molecule has 0 fully saturated rings. The van der Waals surface area contributed by atoms with Gasteiger partial charge in [0, 0.05) is 39.6 Å². The summed E-state index contributed by atoms with van der Waals surface area (Å²) in [7, 11) is -7.57. The fourth-order valence-electron chi connectivity index (χ4n) is 8.37. The van der Waals surface area contributed by atoms with E-state index in [4.69, 9.17) is 19.6 Å². The first-order chi connectivity index (χ1) is 28.6.